The zero-order valence-corrected chi connectivity index (χ0v) is 13.8. The molecule has 5 heteroatoms. The van der Waals surface area contributed by atoms with Crippen molar-refractivity contribution < 1.29 is 9.59 Å². The van der Waals surface area contributed by atoms with Gasteiger partial charge in [-0.2, -0.15) is 11.8 Å². The van der Waals surface area contributed by atoms with Crippen LogP contribution in [0.3, 0.4) is 0 Å². The molecule has 1 saturated heterocycles. The molecule has 1 aromatic rings. The van der Waals surface area contributed by atoms with Crippen LogP contribution in [0.15, 0.2) is 18.2 Å². The number of amides is 3. The summed E-state index contributed by atoms with van der Waals surface area (Å²) in [6, 6.07) is 6.15. The van der Waals surface area contributed by atoms with E-state index in [0.29, 0.717) is 6.54 Å². The normalized spacial score (nSPS) is 17.2. The molecule has 1 aliphatic heterocycles. The molecule has 1 aromatic carbocycles. The fraction of sp³-hybridized carbons (Fsp3) is 0.500. The third kappa shape index (κ3) is 3.59. The first kappa shape index (κ1) is 15.9. The van der Waals surface area contributed by atoms with Crippen molar-refractivity contribution in [3.63, 3.8) is 0 Å². The van der Waals surface area contributed by atoms with Crippen molar-refractivity contribution in [3.05, 3.63) is 34.9 Å². The molecule has 0 bridgehead atoms. The summed E-state index contributed by atoms with van der Waals surface area (Å²) in [6.45, 7) is 8.12. The summed E-state index contributed by atoms with van der Waals surface area (Å²) in [5, 5.41) is 2.70. The minimum Gasteiger partial charge on any atom is -0.324 e. The minimum atomic E-state index is -0.769. The van der Waals surface area contributed by atoms with Crippen LogP contribution in [0.4, 0.5) is 4.79 Å². The number of thioether (sulfide) groups is 1. The van der Waals surface area contributed by atoms with Gasteiger partial charge in [-0.3, -0.25) is 9.69 Å². The summed E-state index contributed by atoms with van der Waals surface area (Å²) in [6.07, 6.45) is 0. The van der Waals surface area contributed by atoms with E-state index in [1.165, 1.54) is 21.6 Å². The molecule has 114 valence electrons. The van der Waals surface area contributed by atoms with Crippen molar-refractivity contribution in [1.82, 2.24) is 10.2 Å². The molecule has 0 radical (unpaired) electrons. The number of carbonyl (C=O) groups is 2. The number of benzene rings is 1. The van der Waals surface area contributed by atoms with Gasteiger partial charge in [0.1, 0.15) is 5.54 Å². The smallest absolute Gasteiger partial charge is 0.324 e. The number of imide groups is 1. The fourth-order valence-electron chi connectivity index (χ4n) is 2.31. The molecule has 0 atom stereocenters. The average molecular weight is 306 g/mol. The van der Waals surface area contributed by atoms with Crippen LogP contribution < -0.4 is 5.32 Å². The second-order valence-electron chi connectivity index (χ2n) is 5.99. The van der Waals surface area contributed by atoms with E-state index in [-0.39, 0.29) is 11.9 Å². The highest BCUT2D eigenvalue weighted by Crippen LogP contribution is 2.20. The predicted octanol–water partition coefficient (Wildman–Crippen LogP) is 2.87. The van der Waals surface area contributed by atoms with Crippen LogP contribution in [-0.2, 0) is 10.5 Å². The summed E-state index contributed by atoms with van der Waals surface area (Å²) >= 11 is 1.75. The predicted molar refractivity (Wildman–Crippen MR) is 86.4 cm³/mol. The average Bonchev–Trinajstić information content (AvgIpc) is 2.59. The largest absolute Gasteiger partial charge is 0.325 e. The topological polar surface area (TPSA) is 49.4 Å². The molecule has 0 spiro atoms. The van der Waals surface area contributed by atoms with Gasteiger partial charge < -0.3 is 5.32 Å². The molecule has 1 fully saturated rings. The molecule has 0 aliphatic carbocycles. The first-order valence-electron chi connectivity index (χ1n) is 7.09. The number of hydrogen-bond acceptors (Lipinski definition) is 3. The molecule has 1 N–H and O–H groups in total. The highest BCUT2D eigenvalue weighted by atomic mass is 32.2. The van der Waals surface area contributed by atoms with Gasteiger partial charge >= 0.3 is 6.03 Å². The van der Waals surface area contributed by atoms with Gasteiger partial charge in [-0.25, -0.2) is 4.79 Å². The standard InChI is InChI=1S/C16H22N2O2S/c1-11-5-6-12(2)13(9-11)10-21-8-7-18-14(19)16(3,4)17-15(18)20/h5-6,9H,7-8,10H2,1-4H3,(H,17,20). The molecule has 21 heavy (non-hydrogen) atoms. The van der Waals surface area contributed by atoms with E-state index < -0.39 is 5.54 Å². The summed E-state index contributed by atoms with van der Waals surface area (Å²) in [5.74, 6) is 1.52. The van der Waals surface area contributed by atoms with E-state index in [0.717, 1.165) is 11.5 Å². The molecule has 2 rings (SSSR count). The van der Waals surface area contributed by atoms with Gasteiger partial charge in [0.25, 0.3) is 5.91 Å². The van der Waals surface area contributed by atoms with E-state index in [1.54, 1.807) is 25.6 Å². The maximum absolute atomic E-state index is 12.0. The molecular formula is C16H22N2O2S. The molecule has 3 amide bonds. The van der Waals surface area contributed by atoms with Crippen molar-refractivity contribution in [1.29, 1.82) is 0 Å². The lowest BCUT2D eigenvalue weighted by molar-refractivity contribution is -0.130. The summed E-state index contributed by atoms with van der Waals surface area (Å²) in [4.78, 5) is 25.1. The second-order valence-corrected chi connectivity index (χ2v) is 7.10. The summed E-state index contributed by atoms with van der Waals surface area (Å²) < 4.78 is 0. The first-order valence-corrected chi connectivity index (χ1v) is 8.25. The zero-order chi connectivity index (χ0) is 15.6. The van der Waals surface area contributed by atoms with Gasteiger partial charge in [-0.1, -0.05) is 23.8 Å². The Morgan fingerprint density at radius 3 is 2.57 bits per heavy atom. The van der Waals surface area contributed by atoms with Crippen LogP contribution in [0, 0.1) is 13.8 Å². The van der Waals surface area contributed by atoms with E-state index in [2.05, 4.69) is 37.4 Å². The first-order chi connectivity index (χ1) is 9.81. The zero-order valence-electron chi connectivity index (χ0n) is 13.0. The van der Waals surface area contributed by atoms with Gasteiger partial charge in [0.15, 0.2) is 0 Å². The van der Waals surface area contributed by atoms with Crippen molar-refractivity contribution in [2.75, 3.05) is 12.3 Å². The molecule has 4 nitrogen and oxygen atoms in total. The van der Waals surface area contributed by atoms with E-state index in [9.17, 15) is 9.59 Å². The number of hydrogen-bond donors (Lipinski definition) is 1. The quantitative estimate of drug-likeness (QED) is 0.672. The number of carbonyl (C=O) groups excluding carboxylic acids is 2. The van der Waals surface area contributed by atoms with Crippen LogP contribution in [0.2, 0.25) is 0 Å². The molecule has 0 unspecified atom stereocenters. The van der Waals surface area contributed by atoms with Crippen molar-refractivity contribution >= 4 is 23.7 Å². The molecule has 0 aromatic heterocycles. The Hall–Kier alpha value is -1.49. The van der Waals surface area contributed by atoms with Gasteiger partial charge in [-0.05, 0) is 38.8 Å². The SMILES string of the molecule is Cc1ccc(C)c(CSCCN2C(=O)NC(C)(C)C2=O)c1. The Kier molecular flexibility index (Phi) is 4.61. The Morgan fingerprint density at radius 1 is 1.24 bits per heavy atom. The third-order valence-corrected chi connectivity index (χ3v) is 4.65. The van der Waals surface area contributed by atoms with Gasteiger partial charge in [0, 0.05) is 18.1 Å². The van der Waals surface area contributed by atoms with Crippen LogP contribution in [0.25, 0.3) is 0 Å². The highest BCUT2D eigenvalue weighted by Gasteiger charge is 2.43. The number of aryl methyl sites for hydroxylation is 2. The lowest BCUT2D eigenvalue weighted by atomic mass is 10.1. The Labute approximate surface area is 130 Å². The maximum Gasteiger partial charge on any atom is 0.325 e. The fourth-order valence-corrected chi connectivity index (χ4v) is 3.30. The monoisotopic (exact) mass is 306 g/mol. The lowest BCUT2D eigenvalue weighted by Gasteiger charge is -2.15. The Bertz CT molecular complexity index is 569. The van der Waals surface area contributed by atoms with E-state index in [4.69, 9.17) is 0 Å². The molecular weight excluding hydrogens is 284 g/mol. The van der Waals surface area contributed by atoms with Gasteiger partial charge in [0.2, 0.25) is 0 Å². The summed E-state index contributed by atoms with van der Waals surface area (Å²) in [5.41, 5.74) is 3.09. The third-order valence-electron chi connectivity index (χ3n) is 3.67. The Balaban J connectivity index is 1.84. The Morgan fingerprint density at radius 2 is 1.95 bits per heavy atom. The highest BCUT2D eigenvalue weighted by molar-refractivity contribution is 7.98. The van der Waals surface area contributed by atoms with E-state index in [1.807, 2.05) is 0 Å². The van der Waals surface area contributed by atoms with Crippen molar-refractivity contribution in [2.24, 2.45) is 0 Å². The van der Waals surface area contributed by atoms with Crippen LogP contribution in [0.1, 0.15) is 30.5 Å². The number of rotatable bonds is 5. The molecule has 1 aliphatic rings. The van der Waals surface area contributed by atoms with Gasteiger partial charge in [0.05, 0.1) is 0 Å². The number of urea groups is 1. The van der Waals surface area contributed by atoms with Crippen molar-refractivity contribution in [3.8, 4) is 0 Å². The van der Waals surface area contributed by atoms with Crippen LogP contribution >= 0.6 is 11.8 Å². The molecule has 0 saturated carbocycles. The number of nitrogens with one attached hydrogen (secondary N) is 1. The van der Waals surface area contributed by atoms with E-state index >= 15 is 0 Å². The minimum absolute atomic E-state index is 0.139. The molecule has 1 heterocycles. The van der Waals surface area contributed by atoms with Gasteiger partial charge in [-0.15, -0.1) is 0 Å². The summed E-state index contributed by atoms with van der Waals surface area (Å²) in [7, 11) is 0. The maximum atomic E-state index is 12.0. The van der Waals surface area contributed by atoms with Crippen molar-refractivity contribution in [2.45, 2.75) is 39.0 Å². The second kappa shape index (κ2) is 6.10. The van der Waals surface area contributed by atoms with Crippen LogP contribution in [0.5, 0.6) is 0 Å². The number of nitrogens with zero attached hydrogens (tertiary/aromatic N) is 1. The lowest BCUT2D eigenvalue weighted by Crippen LogP contribution is -2.40. The van der Waals surface area contributed by atoms with Crippen LogP contribution in [-0.4, -0.2) is 34.7 Å².